The minimum absolute atomic E-state index is 0.0146. The summed E-state index contributed by atoms with van der Waals surface area (Å²) >= 11 is 0. The van der Waals surface area contributed by atoms with Crippen molar-refractivity contribution in [2.24, 2.45) is 0 Å². The van der Waals surface area contributed by atoms with Gasteiger partial charge < -0.3 is 15.8 Å². The summed E-state index contributed by atoms with van der Waals surface area (Å²) in [6, 6.07) is 5.73. The molecule has 21 heavy (non-hydrogen) atoms. The maximum absolute atomic E-state index is 13.1. The molecule has 1 aromatic carbocycles. The normalized spacial score (nSPS) is 9.95. The van der Waals surface area contributed by atoms with Crippen LogP contribution in [-0.4, -0.2) is 21.6 Å². The molecule has 0 radical (unpaired) electrons. The van der Waals surface area contributed by atoms with Gasteiger partial charge in [-0.15, -0.1) is 0 Å². The second kappa shape index (κ2) is 6.47. The van der Waals surface area contributed by atoms with Crippen LogP contribution in [0, 0.1) is 17.1 Å². The highest BCUT2D eigenvalue weighted by Gasteiger charge is 2.09. The van der Waals surface area contributed by atoms with Crippen molar-refractivity contribution in [3.05, 3.63) is 29.6 Å². The smallest absolute Gasteiger partial charge is 0.323 e. The molecule has 0 spiro atoms. The van der Waals surface area contributed by atoms with Crippen molar-refractivity contribution < 1.29 is 9.13 Å². The van der Waals surface area contributed by atoms with Crippen molar-refractivity contribution in [2.75, 3.05) is 17.7 Å². The lowest BCUT2D eigenvalue weighted by molar-refractivity contribution is 0.292. The zero-order valence-electron chi connectivity index (χ0n) is 11.3. The highest BCUT2D eigenvalue weighted by molar-refractivity contribution is 5.63. The quantitative estimate of drug-likeness (QED) is 0.865. The van der Waals surface area contributed by atoms with Crippen LogP contribution in [0.25, 0.3) is 0 Å². The fourth-order valence-corrected chi connectivity index (χ4v) is 1.52. The zero-order chi connectivity index (χ0) is 15.2. The van der Waals surface area contributed by atoms with E-state index >= 15 is 0 Å². The van der Waals surface area contributed by atoms with Gasteiger partial charge in [0.1, 0.15) is 11.9 Å². The van der Waals surface area contributed by atoms with Crippen LogP contribution in [0.5, 0.6) is 6.01 Å². The minimum atomic E-state index is -0.501. The van der Waals surface area contributed by atoms with Crippen LogP contribution in [-0.2, 0) is 0 Å². The number of nitriles is 1. The topological polar surface area (TPSA) is 110 Å². The predicted octanol–water partition coefficient (Wildman–Crippen LogP) is 2.00. The van der Waals surface area contributed by atoms with E-state index in [0.717, 1.165) is 12.5 Å². The third-order valence-corrected chi connectivity index (χ3v) is 2.42. The second-order valence-corrected chi connectivity index (χ2v) is 4.07. The van der Waals surface area contributed by atoms with Crippen LogP contribution >= 0.6 is 0 Å². The van der Waals surface area contributed by atoms with Gasteiger partial charge in [0.2, 0.25) is 11.9 Å². The van der Waals surface area contributed by atoms with Gasteiger partial charge in [0, 0.05) is 0 Å². The van der Waals surface area contributed by atoms with Gasteiger partial charge in [-0.1, -0.05) is 6.92 Å². The lowest BCUT2D eigenvalue weighted by Crippen LogP contribution is -2.08. The van der Waals surface area contributed by atoms with E-state index in [2.05, 4.69) is 20.3 Å². The van der Waals surface area contributed by atoms with E-state index in [1.54, 1.807) is 0 Å². The van der Waals surface area contributed by atoms with Crippen LogP contribution < -0.4 is 15.8 Å². The molecule has 0 saturated carbocycles. The molecular weight excluding hydrogens is 275 g/mol. The van der Waals surface area contributed by atoms with E-state index in [9.17, 15) is 4.39 Å². The average Bonchev–Trinajstić information content (AvgIpc) is 2.46. The maximum atomic E-state index is 13.1. The molecule has 2 rings (SSSR count). The summed E-state index contributed by atoms with van der Waals surface area (Å²) < 4.78 is 18.4. The number of aromatic nitrogens is 3. The summed E-state index contributed by atoms with van der Waals surface area (Å²) in [6.45, 7) is 2.39. The molecule has 0 fully saturated rings. The van der Waals surface area contributed by atoms with E-state index in [0.29, 0.717) is 12.3 Å². The molecule has 0 aliphatic carbocycles. The Balaban J connectivity index is 2.27. The number of nitrogen functional groups attached to an aromatic ring is 1. The average molecular weight is 288 g/mol. The largest absolute Gasteiger partial charge is 0.463 e. The van der Waals surface area contributed by atoms with Crippen LogP contribution in [0.4, 0.5) is 22.0 Å². The van der Waals surface area contributed by atoms with Crippen LogP contribution in [0.15, 0.2) is 18.2 Å². The molecule has 0 atom stereocenters. The first-order valence-electron chi connectivity index (χ1n) is 6.23. The molecule has 0 amide bonds. The zero-order valence-corrected chi connectivity index (χ0v) is 11.3. The van der Waals surface area contributed by atoms with Crippen LogP contribution in [0.1, 0.15) is 18.9 Å². The molecule has 1 aromatic heterocycles. The number of ether oxygens (including phenoxy) is 1. The van der Waals surface area contributed by atoms with E-state index in [-0.39, 0.29) is 23.5 Å². The highest BCUT2D eigenvalue weighted by Crippen LogP contribution is 2.20. The van der Waals surface area contributed by atoms with Gasteiger partial charge in [-0.25, -0.2) is 4.39 Å². The van der Waals surface area contributed by atoms with Gasteiger partial charge in [-0.05, 0) is 24.6 Å². The first kappa shape index (κ1) is 14.5. The fourth-order valence-electron chi connectivity index (χ4n) is 1.52. The molecule has 0 bridgehead atoms. The molecular formula is C13H13FN6O. The van der Waals surface area contributed by atoms with Gasteiger partial charge in [-0.2, -0.15) is 20.2 Å². The fraction of sp³-hybridized carbons (Fsp3) is 0.231. The monoisotopic (exact) mass is 288 g/mol. The highest BCUT2D eigenvalue weighted by atomic mass is 19.1. The SMILES string of the molecule is CCCOc1nc(N)nc(Nc2ccc(F)cc2C#N)n1. The van der Waals surface area contributed by atoms with Gasteiger partial charge in [0.15, 0.2) is 0 Å². The van der Waals surface area contributed by atoms with Crippen molar-refractivity contribution in [3.63, 3.8) is 0 Å². The number of anilines is 3. The number of nitrogens with zero attached hydrogens (tertiary/aromatic N) is 4. The summed E-state index contributed by atoms with van der Waals surface area (Å²) in [4.78, 5) is 11.8. The first-order valence-corrected chi connectivity index (χ1v) is 6.23. The summed E-state index contributed by atoms with van der Waals surface area (Å²) in [5, 5.41) is 11.8. The van der Waals surface area contributed by atoms with Gasteiger partial charge in [-0.3, -0.25) is 0 Å². The first-order chi connectivity index (χ1) is 10.1. The van der Waals surface area contributed by atoms with Gasteiger partial charge in [0.25, 0.3) is 0 Å². The maximum Gasteiger partial charge on any atom is 0.323 e. The van der Waals surface area contributed by atoms with E-state index in [4.69, 9.17) is 15.7 Å². The number of benzene rings is 1. The molecule has 0 saturated heterocycles. The number of hydrogen-bond acceptors (Lipinski definition) is 7. The number of nitrogens with one attached hydrogen (secondary N) is 1. The van der Waals surface area contributed by atoms with Gasteiger partial charge >= 0.3 is 6.01 Å². The van der Waals surface area contributed by atoms with Crippen molar-refractivity contribution in [1.29, 1.82) is 5.26 Å². The predicted molar refractivity (Wildman–Crippen MR) is 74.4 cm³/mol. The Bertz CT molecular complexity index is 685. The van der Waals surface area contributed by atoms with Crippen LogP contribution in [0.2, 0.25) is 0 Å². The second-order valence-electron chi connectivity index (χ2n) is 4.07. The molecule has 2 aromatic rings. The van der Waals surface area contributed by atoms with Crippen molar-refractivity contribution in [1.82, 2.24) is 15.0 Å². The molecule has 0 unspecified atom stereocenters. The summed E-state index contributed by atoms with van der Waals surface area (Å²) in [5.74, 6) is -0.393. The molecule has 8 heteroatoms. The minimum Gasteiger partial charge on any atom is -0.463 e. The molecule has 108 valence electrons. The Labute approximate surface area is 120 Å². The summed E-state index contributed by atoms with van der Waals surface area (Å²) in [6.07, 6.45) is 0.797. The third-order valence-electron chi connectivity index (χ3n) is 2.42. The third kappa shape index (κ3) is 3.76. The molecule has 0 aliphatic rings. The molecule has 3 N–H and O–H groups in total. The molecule has 1 heterocycles. The van der Waals surface area contributed by atoms with Crippen molar-refractivity contribution in [2.45, 2.75) is 13.3 Å². The molecule has 0 aliphatic heterocycles. The Morgan fingerprint density at radius 1 is 1.38 bits per heavy atom. The van der Waals surface area contributed by atoms with Gasteiger partial charge in [0.05, 0.1) is 17.9 Å². The van der Waals surface area contributed by atoms with Crippen LogP contribution in [0.3, 0.4) is 0 Å². The number of hydrogen-bond donors (Lipinski definition) is 2. The molecule has 7 nitrogen and oxygen atoms in total. The Morgan fingerprint density at radius 3 is 2.90 bits per heavy atom. The van der Waals surface area contributed by atoms with E-state index < -0.39 is 5.82 Å². The number of rotatable bonds is 5. The summed E-state index contributed by atoms with van der Waals surface area (Å²) in [5.41, 5.74) is 6.07. The Hall–Kier alpha value is -2.95. The van der Waals surface area contributed by atoms with Crippen molar-refractivity contribution >= 4 is 17.6 Å². The lowest BCUT2D eigenvalue weighted by Gasteiger charge is -2.08. The number of nitrogens with two attached hydrogens (primary N) is 1. The Morgan fingerprint density at radius 2 is 2.19 bits per heavy atom. The van der Waals surface area contributed by atoms with E-state index in [1.165, 1.54) is 12.1 Å². The lowest BCUT2D eigenvalue weighted by atomic mass is 10.2. The Kier molecular flexibility index (Phi) is 4.46. The number of halogens is 1. The van der Waals surface area contributed by atoms with E-state index in [1.807, 2.05) is 13.0 Å². The standard InChI is InChI=1S/C13H13FN6O/c1-2-5-21-13-19-11(16)18-12(20-13)17-10-4-3-9(14)6-8(10)7-15/h3-4,6H,2,5H2,1H3,(H3,16,17,18,19,20). The van der Waals surface area contributed by atoms with Crippen molar-refractivity contribution in [3.8, 4) is 12.1 Å². The summed E-state index contributed by atoms with van der Waals surface area (Å²) in [7, 11) is 0.